The molecule has 1 aliphatic rings. The van der Waals surface area contributed by atoms with Crippen molar-refractivity contribution in [1.29, 1.82) is 0 Å². The Morgan fingerprint density at radius 3 is 2.47 bits per heavy atom. The number of fused-ring (bicyclic) bond motifs is 1. The fourth-order valence-electron chi connectivity index (χ4n) is 1.15. The summed E-state index contributed by atoms with van der Waals surface area (Å²) in [6.45, 7) is 3.44. The SMILES string of the molecule is CNCO.Cc1ccc2c(c1)OCCO2. The Morgan fingerprint density at radius 2 is 1.87 bits per heavy atom. The average molecular weight is 211 g/mol. The fraction of sp³-hybridized carbons (Fsp3) is 0.455. The highest BCUT2D eigenvalue weighted by atomic mass is 16.6. The van der Waals surface area contributed by atoms with Crippen LogP contribution in [0.2, 0.25) is 0 Å². The number of hydrogen-bond acceptors (Lipinski definition) is 4. The highest BCUT2D eigenvalue weighted by Crippen LogP contribution is 2.30. The van der Waals surface area contributed by atoms with Crippen LogP contribution in [0.15, 0.2) is 18.2 Å². The van der Waals surface area contributed by atoms with Crippen LogP contribution in [-0.2, 0) is 0 Å². The smallest absolute Gasteiger partial charge is 0.161 e. The molecule has 2 rings (SSSR count). The molecule has 1 aliphatic heterocycles. The molecule has 0 atom stereocenters. The van der Waals surface area contributed by atoms with E-state index < -0.39 is 0 Å². The van der Waals surface area contributed by atoms with Gasteiger partial charge in [-0.2, -0.15) is 0 Å². The monoisotopic (exact) mass is 211 g/mol. The standard InChI is InChI=1S/C9H10O2.C2H7NO/c1-7-2-3-8-9(6-7)11-5-4-10-8;1-3-2-4/h2-3,6H,4-5H2,1H3;3-4H,2H2,1H3. The lowest BCUT2D eigenvalue weighted by Gasteiger charge is -2.18. The minimum atomic E-state index is 0.0694. The molecular weight excluding hydrogens is 194 g/mol. The summed E-state index contributed by atoms with van der Waals surface area (Å²) in [6, 6.07) is 5.96. The minimum Gasteiger partial charge on any atom is -0.486 e. The van der Waals surface area contributed by atoms with Crippen LogP contribution in [0.1, 0.15) is 5.56 Å². The van der Waals surface area contributed by atoms with Crippen LogP contribution in [0.3, 0.4) is 0 Å². The maximum atomic E-state index is 7.76. The number of aliphatic hydroxyl groups is 1. The Morgan fingerprint density at radius 1 is 1.27 bits per heavy atom. The van der Waals surface area contributed by atoms with Gasteiger partial charge in [-0.3, -0.25) is 5.32 Å². The number of ether oxygens (including phenoxy) is 2. The van der Waals surface area contributed by atoms with Gasteiger partial charge in [-0.1, -0.05) is 6.07 Å². The van der Waals surface area contributed by atoms with Crippen LogP contribution < -0.4 is 14.8 Å². The van der Waals surface area contributed by atoms with E-state index in [9.17, 15) is 0 Å². The van der Waals surface area contributed by atoms with Crippen LogP contribution in [0, 0.1) is 6.92 Å². The Hall–Kier alpha value is -1.26. The molecular formula is C11H17NO3. The molecule has 0 spiro atoms. The summed E-state index contributed by atoms with van der Waals surface area (Å²) in [5, 5.41) is 10.2. The summed E-state index contributed by atoms with van der Waals surface area (Å²) < 4.78 is 10.7. The molecule has 0 saturated carbocycles. The molecule has 15 heavy (non-hydrogen) atoms. The first-order valence-electron chi connectivity index (χ1n) is 4.89. The largest absolute Gasteiger partial charge is 0.486 e. The third-order valence-electron chi connectivity index (χ3n) is 1.86. The lowest BCUT2D eigenvalue weighted by Crippen LogP contribution is -2.15. The maximum absolute atomic E-state index is 7.76. The van der Waals surface area contributed by atoms with Gasteiger partial charge in [-0.15, -0.1) is 0 Å². The van der Waals surface area contributed by atoms with Gasteiger partial charge in [0.1, 0.15) is 13.2 Å². The topological polar surface area (TPSA) is 50.7 Å². The zero-order valence-corrected chi connectivity index (χ0v) is 9.12. The van der Waals surface area contributed by atoms with Crippen molar-refractivity contribution in [1.82, 2.24) is 5.32 Å². The van der Waals surface area contributed by atoms with Crippen LogP contribution in [-0.4, -0.2) is 32.1 Å². The molecule has 4 nitrogen and oxygen atoms in total. The second-order valence-electron chi connectivity index (χ2n) is 3.16. The van der Waals surface area contributed by atoms with Gasteiger partial charge in [0.15, 0.2) is 11.5 Å². The van der Waals surface area contributed by atoms with E-state index in [1.807, 2.05) is 25.1 Å². The molecule has 0 amide bonds. The van der Waals surface area contributed by atoms with Gasteiger partial charge in [0.25, 0.3) is 0 Å². The van der Waals surface area contributed by atoms with Crippen molar-refractivity contribution in [2.45, 2.75) is 6.92 Å². The summed E-state index contributed by atoms with van der Waals surface area (Å²) >= 11 is 0. The van der Waals surface area contributed by atoms with E-state index in [-0.39, 0.29) is 6.73 Å². The predicted molar refractivity (Wildman–Crippen MR) is 58.3 cm³/mol. The lowest BCUT2D eigenvalue weighted by atomic mass is 10.2. The van der Waals surface area contributed by atoms with Crippen LogP contribution in [0.25, 0.3) is 0 Å². The predicted octanol–water partition coefficient (Wildman–Crippen LogP) is 0.922. The van der Waals surface area contributed by atoms with Crippen molar-refractivity contribution in [3.05, 3.63) is 23.8 Å². The third kappa shape index (κ3) is 3.77. The Labute approximate surface area is 89.8 Å². The molecule has 1 heterocycles. The molecule has 4 heteroatoms. The van der Waals surface area contributed by atoms with Crippen LogP contribution >= 0.6 is 0 Å². The molecule has 0 bridgehead atoms. The van der Waals surface area contributed by atoms with E-state index in [0.29, 0.717) is 13.2 Å². The van der Waals surface area contributed by atoms with Gasteiger partial charge in [0.05, 0.1) is 6.73 Å². The van der Waals surface area contributed by atoms with Gasteiger partial charge in [0.2, 0.25) is 0 Å². The first-order chi connectivity index (χ1) is 7.27. The Bertz CT molecular complexity index is 300. The number of nitrogens with one attached hydrogen (secondary N) is 1. The number of hydrogen-bond donors (Lipinski definition) is 2. The van der Waals surface area contributed by atoms with Crippen LogP contribution in [0.5, 0.6) is 11.5 Å². The van der Waals surface area contributed by atoms with Crippen molar-refractivity contribution < 1.29 is 14.6 Å². The van der Waals surface area contributed by atoms with Gasteiger partial charge in [0, 0.05) is 0 Å². The molecule has 0 fully saturated rings. The van der Waals surface area contributed by atoms with Gasteiger partial charge < -0.3 is 14.6 Å². The van der Waals surface area contributed by atoms with Crippen LogP contribution in [0.4, 0.5) is 0 Å². The van der Waals surface area contributed by atoms with Crippen molar-refractivity contribution in [2.75, 3.05) is 27.0 Å². The average Bonchev–Trinajstić information content (AvgIpc) is 2.29. The highest BCUT2D eigenvalue weighted by molar-refractivity contribution is 5.43. The quantitative estimate of drug-likeness (QED) is 0.678. The summed E-state index contributed by atoms with van der Waals surface area (Å²) in [7, 11) is 1.68. The van der Waals surface area contributed by atoms with Crippen molar-refractivity contribution >= 4 is 0 Å². The summed E-state index contributed by atoms with van der Waals surface area (Å²) in [5.41, 5.74) is 1.20. The number of benzene rings is 1. The molecule has 0 radical (unpaired) electrons. The molecule has 1 aromatic carbocycles. The van der Waals surface area contributed by atoms with E-state index in [2.05, 4.69) is 5.32 Å². The van der Waals surface area contributed by atoms with E-state index in [4.69, 9.17) is 14.6 Å². The first kappa shape index (κ1) is 11.8. The molecule has 1 aromatic rings. The number of aryl methyl sites for hydroxylation is 1. The molecule has 0 saturated heterocycles. The zero-order valence-electron chi connectivity index (χ0n) is 9.12. The molecule has 2 N–H and O–H groups in total. The summed E-state index contributed by atoms with van der Waals surface area (Å²) in [5.74, 6) is 1.73. The van der Waals surface area contributed by atoms with Crippen molar-refractivity contribution in [3.8, 4) is 11.5 Å². The second kappa shape index (κ2) is 6.27. The number of aliphatic hydroxyl groups excluding tert-OH is 1. The molecule has 84 valence electrons. The van der Waals surface area contributed by atoms with E-state index >= 15 is 0 Å². The van der Waals surface area contributed by atoms with Gasteiger partial charge in [-0.05, 0) is 31.7 Å². The number of rotatable bonds is 1. The lowest BCUT2D eigenvalue weighted by molar-refractivity contribution is 0.171. The first-order valence-corrected chi connectivity index (χ1v) is 4.89. The normalized spacial score (nSPS) is 12.7. The Balaban J connectivity index is 0.000000245. The van der Waals surface area contributed by atoms with Gasteiger partial charge >= 0.3 is 0 Å². The molecule has 0 aromatic heterocycles. The van der Waals surface area contributed by atoms with Crippen molar-refractivity contribution in [2.24, 2.45) is 0 Å². The minimum absolute atomic E-state index is 0.0694. The van der Waals surface area contributed by atoms with Gasteiger partial charge in [-0.25, -0.2) is 0 Å². The van der Waals surface area contributed by atoms with E-state index in [1.54, 1.807) is 7.05 Å². The Kier molecular flexibility index (Phi) is 4.93. The van der Waals surface area contributed by atoms with E-state index in [0.717, 1.165) is 11.5 Å². The fourth-order valence-corrected chi connectivity index (χ4v) is 1.15. The highest BCUT2D eigenvalue weighted by Gasteiger charge is 2.09. The molecule has 0 aliphatic carbocycles. The van der Waals surface area contributed by atoms with Crippen molar-refractivity contribution in [3.63, 3.8) is 0 Å². The second-order valence-corrected chi connectivity index (χ2v) is 3.16. The molecule has 0 unspecified atom stereocenters. The summed E-state index contributed by atoms with van der Waals surface area (Å²) in [6.07, 6.45) is 0. The van der Waals surface area contributed by atoms with E-state index in [1.165, 1.54) is 5.56 Å². The third-order valence-corrected chi connectivity index (χ3v) is 1.86. The maximum Gasteiger partial charge on any atom is 0.161 e. The zero-order chi connectivity index (χ0) is 11.1. The summed E-state index contributed by atoms with van der Waals surface area (Å²) in [4.78, 5) is 0.